The second-order valence-corrected chi connectivity index (χ2v) is 10.2. The van der Waals surface area contributed by atoms with E-state index in [1.165, 1.54) is 41.3 Å². The third kappa shape index (κ3) is 7.71. The quantitative estimate of drug-likeness (QED) is 0.543. The van der Waals surface area contributed by atoms with Crippen LogP contribution < -0.4 is 9.62 Å². The number of carbonyl (C=O) groups is 2. The maximum atomic E-state index is 13.4. The van der Waals surface area contributed by atoms with E-state index in [1.807, 2.05) is 13.8 Å². The van der Waals surface area contributed by atoms with E-state index in [0.29, 0.717) is 17.0 Å². The molecule has 0 bridgehead atoms. The van der Waals surface area contributed by atoms with Gasteiger partial charge in [0.05, 0.1) is 11.9 Å². The van der Waals surface area contributed by atoms with Crippen molar-refractivity contribution in [3.05, 3.63) is 64.9 Å². The van der Waals surface area contributed by atoms with Gasteiger partial charge in [0, 0.05) is 17.6 Å². The molecule has 180 valence electrons. The number of amides is 2. The van der Waals surface area contributed by atoms with Crippen LogP contribution in [0, 0.1) is 5.82 Å². The molecule has 0 heterocycles. The Morgan fingerprint density at radius 2 is 1.76 bits per heavy atom. The highest BCUT2D eigenvalue weighted by atomic mass is 35.5. The van der Waals surface area contributed by atoms with Crippen LogP contribution in [0.3, 0.4) is 0 Å². The highest BCUT2D eigenvalue weighted by molar-refractivity contribution is 7.92. The Hall–Kier alpha value is -2.65. The maximum absolute atomic E-state index is 13.4. The average Bonchev–Trinajstić information content (AvgIpc) is 2.75. The summed E-state index contributed by atoms with van der Waals surface area (Å²) >= 11 is 6.01. The Morgan fingerprint density at radius 1 is 1.12 bits per heavy atom. The molecule has 0 saturated heterocycles. The summed E-state index contributed by atoms with van der Waals surface area (Å²) in [6, 6.07) is 10.7. The number of carbonyl (C=O) groups excluding carboxylic acids is 2. The number of sulfonamides is 1. The van der Waals surface area contributed by atoms with Crippen LogP contribution in [0.2, 0.25) is 5.02 Å². The number of hydrogen-bond acceptors (Lipinski definition) is 4. The molecule has 0 aliphatic carbocycles. The summed E-state index contributed by atoms with van der Waals surface area (Å²) in [6.45, 7) is 4.82. The molecule has 0 aliphatic rings. The van der Waals surface area contributed by atoms with Crippen molar-refractivity contribution in [3.63, 3.8) is 0 Å². The minimum absolute atomic E-state index is 0.00134. The summed E-state index contributed by atoms with van der Waals surface area (Å²) in [5, 5.41) is 3.16. The maximum Gasteiger partial charge on any atom is 0.244 e. The minimum atomic E-state index is -3.83. The van der Waals surface area contributed by atoms with Crippen LogP contribution in [0.5, 0.6) is 0 Å². The Morgan fingerprint density at radius 3 is 2.30 bits per heavy atom. The zero-order chi connectivity index (χ0) is 24.8. The first-order chi connectivity index (χ1) is 15.4. The smallest absolute Gasteiger partial charge is 0.244 e. The number of nitrogens with zero attached hydrogens (tertiary/aromatic N) is 2. The molecule has 2 atom stereocenters. The fourth-order valence-electron chi connectivity index (χ4n) is 3.08. The summed E-state index contributed by atoms with van der Waals surface area (Å²) < 4.78 is 39.2. The molecule has 2 aromatic rings. The van der Waals surface area contributed by atoms with Gasteiger partial charge in [-0.25, -0.2) is 12.8 Å². The van der Waals surface area contributed by atoms with Crippen molar-refractivity contribution in [2.45, 2.75) is 45.8 Å². The highest BCUT2D eigenvalue weighted by Gasteiger charge is 2.30. The molecule has 0 radical (unpaired) electrons. The molecular formula is C23H29ClFN3O4S. The van der Waals surface area contributed by atoms with Gasteiger partial charge in [-0.3, -0.25) is 13.9 Å². The van der Waals surface area contributed by atoms with Crippen LogP contribution in [0.15, 0.2) is 48.5 Å². The number of anilines is 1. The van der Waals surface area contributed by atoms with Crippen molar-refractivity contribution in [1.82, 2.24) is 10.2 Å². The van der Waals surface area contributed by atoms with Crippen molar-refractivity contribution < 1.29 is 22.4 Å². The molecule has 0 spiro atoms. The van der Waals surface area contributed by atoms with E-state index in [-0.39, 0.29) is 24.2 Å². The van der Waals surface area contributed by atoms with Gasteiger partial charge in [-0.05, 0) is 56.2 Å². The van der Waals surface area contributed by atoms with Gasteiger partial charge in [-0.15, -0.1) is 0 Å². The van der Waals surface area contributed by atoms with Gasteiger partial charge in [0.1, 0.15) is 18.4 Å². The van der Waals surface area contributed by atoms with Crippen LogP contribution >= 0.6 is 11.6 Å². The predicted molar refractivity (Wildman–Crippen MR) is 128 cm³/mol. The standard InChI is InChI=1S/C23H29ClFN3O4S/c1-5-16(2)26-23(30)17(3)27(14-18-9-11-20(25)12-10-18)22(29)15-28(33(4,31)32)21-8-6-7-19(24)13-21/h6-13,16-17H,5,14-15H2,1-4H3,(H,26,30)/t16-,17+/m1/s1. The van der Waals surface area contributed by atoms with Crippen LogP contribution in [0.1, 0.15) is 32.8 Å². The predicted octanol–water partition coefficient (Wildman–Crippen LogP) is 3.58. The first-order valence-electron chi connectivity index (χ1n) is 10.5. The van der Waals surface area contributed by atoms with Crippen molar-refractivity contribution in [2.75, 3.05) is 17.1 Å². The van der Waals surface area contributed by atoms with Crippen LogP contribution in [-0.2, 0) is 26.2 Å². The van der Waals surface area contributed by atoms with Gasteiger partial charge < -0.3 is 10.2 Å². The molecule has 1 N–H and O–H groups in total. The molecule has 7 nitrogen and oxygen atoms in total. The topological polar surface area (TPSA) is 86.8 Å². The van der Waals surface area contributed by atoms with Gasteiger partial charge in [-0.1, -0.05) is 36.7 Å². The molecular weight excluding hydrogens is 469 g/mol. The van der Waals surface area contributed by atoms with E-state index >= 15 is 0 Å². The summed E-state index contributed by atoms with van der Waals surface area (Å²) in [7, 11) is -3.83. The number of rotatable bonds is 10. The highest BCUT2D eigenvalue weighted by Crippen LogP contribution is 2.22. The molecule has 0 saturated carbocycles. The molecule has 2 rings (SSSR count). The molecule has 0 aromatic heterocycles. The fraction of sp³-hybridized carbons (Fsp3) is 0.391. The second kappa shape index (κ2) is 11.5. The monoisotopic (exact) mass is 497 g/mol. The minimum Gasteiger partial charge on any atom is -0.352 e. The first kappa shape index (κ1) is 26.6. The Bertz CT molecular complexity index is 1080. The third-order valence-electron chi connectivity index (χ3n) is 5.21. The molecule has 0 aliphatic heterocycles. The van der Waals surface area contributed by atoms with Crippen LogP contribution in [0.25, 0.3) is 0 Å². The zero-order valence-corrected chi connectivity index (χ0v) is 20.7. The van der Waals surface area contributed by atoms with Gasteiger partial charge >= 0.3 is 0 Å². The largest absolute Gasteiger partial charge is 0.352 e. The summed E-state index contributed by atoms with van der Waals surface area (Å²) in [5.74, 6) is -1.38. The van der Waals surface area contributed by atoms with E-state index in [2.05, 4.69) is 5.32 Å². The van der Waals surface area contributed by atoms with E-state index < -0.39 is 34.3 Å². The van der Waals surface area contributed by atoms with Crippen molar-refractivity contribution in [2.24, 2.45) is 0 Å². The van der Waals surface area contributed by atoms with Gasteiger partial charge in [0.25, 0.3) is 0 Å². The molecule has 10 heteroatoms. The zero-order valence-electron chi connectivity index (χ0n) is 19.1. The van der Waals surface area contributed by atoms with E-state index in [9.17, 15) is 22.4 Å². The van der Waals surface area contributed by atoms with Crippen molar-refractivity contribution in [1.29, 1.82) is 0 Å². The van der Waals surface area contributed by atoms with E-state index in [4.69, 9.17) is 11.6 Å². The van der Waals surface area contributed by atoms with Crippen LogP contribution in [0.4, 0.5) is 10.1 Å². The third-order valence-corrected chi connectivity index (χ3v) is 6.59. The summed E-state index contributed by atoms with van der Waals surface area (Å²) in [4.78, 5) is 27.4. The molecule has 0 unspecified atom stereocenters. The lowest BCUT2D eigenvalue weighted by Crippen LogP contribution is -2.52. The van der Waals surface area contributed by atoms with Crippen molar-refractivity contribution in [3.8, 4) is 0 Å². The fourth-order valence-corrected chi connectivity index (χ4v) is 4.11. The number of hydrogen-bond donors (Lipinski definition) is 1. The van der Waals surface area contributed by atoms with E-state index in [1.54, 1.807) is 19.1 Å². The molecule has 0 fully saturated rings. The lowest BCUT2D eigenvalue weighted by Gasteiger charge is -2.32. The normalized spacial score (nSPS) is 13.2. The summed E-state index contributed by atoms with van der Waals surface area (Å²) in [6.07, 6.45) is 1.70. The number of nitrogens with one attached hydrogen (secondary N) is 1. The first-order valence-corrected chi connectivity index (χ1v) is 12.7. The average molecular weight is 498 g/mol. The molecule has 2 aromatic carbocycles. The van der Waals surface area contributed by atoms with Crippen LogP contribution in [-0.4, -0.2) is 50.0 Å². The number of halogens is 2. The Balaban J connectivity index is 2.37. The lowest BCUT2D eigenvalue weighted by molar-refractivity contribution is -0.139. The molecule has 33 heavy (non-hydrogen) atoms. The van der Waals surface area contributed by atoms with Gasteiger partial charge in [0.2, 0.25) is 21.8 Å². The van der Waals surface area contributed by atoms with E-state index in [0.717, 1.165) is 10.6 Å². The lowest BCUT2D eigenvalue weighted by atomic mass is 10.1. The summed E-state index contributed by atoms with van der Waals surface area (Å²) in [5.41, 5.74) is 0.832. The second-order valence-electron chi connectivity index (χ2n) is 7.89. The van der Waals surface area contributed by atoms with Gasteiger partial charge in [-0.2, -0.15) is 0 Å². The number of benzene rings is 2. The van der Waals surface area contributed by atoms with Crippen molar-refractivity contribution >= 4 is 39.1 Å². The molecule has 2 amide bonds. The Labute approximate surface area is 199 Å². The van der Waals surface area contributed by atoms with Gasteiger partial charge in [0.15, 0.2) is 0 Å². The Kier molecular flexibility index (Phi) is 9.25. The SMILES string of the molecule is CC[C@@H](C)NC(=O)[C@H](C)N(Cc1ccc(F)cc1)C(=O)CN(c1cccc(Cl)c1)S(C)(=O)=O.